The van der Waals surface area contributed by atoms with Gasteiger partial charge >= 0.3 is 0 Å². The van der Waals surface area contributed by atoms with Crippen LogP contribution in [0.15, 0.2) is 23.6 Å². The number of aryl methyl sites for hydroxylation is 1. The SMILES string of the molecule is Cc1nc(CN(C)c2ccc([C@@H](C)O)cc2Cl)cs1. The number of rotatable bonds is 4. The largest absolute Gasteiger partial charge is 0.389 e. The van der Waals surface area contributed by atoms with E-state index < -0.39 is 6.10 Å². The molecule has 0 aliphatic rings. The molecule has 1 N–H and O–H groups in total. The lowest BCUT2D eigenvalue weighted by Crippen LogP contribution is -2.17. The van der Waals surface area contributed by atoms with E-state index in [9.17, 15) is 5.11 Å². The maximum Gasteiger partial charge on any atom is 0.0898 e. The Morgan fingerprint density at radius 1 is 1.47 bits per heavy atom. The van der Waals surface area contributed by atoms with Crippen LogP contribution in [0.4, 0.5) is 5.69 Å². The van der Waals surface area contributed by atoms with Crippen molar-refractivity contribution in [1.82, 2.24) is 4.98 Å². The molecule has 0 amide bonds. The van der Waals surface area contributed by atoms with E-state index >= 15 is 0 Å². The monoisotopic (exact) mass is 296 g/mol. The first kappa shape index (κ1) is 14.3. The Morgan fingerprint density at radius 3 is 2.74 bits per heavy atom. The molecule has 0 aliphatic heterocycles. The van der Waals surface area contributed by atoms with Gasteiger partial charge in [-0.2, -0.15) is 0 Å². The van der Waals surface area contributed by atoms with E-state index in [1.165, 1.54) is 0 Å². The number of halogens is 1. The van der Waals surface area contributed by atoms with Crippen LogP contribution in [-0.4, -0.2) is 17.1 Å². The van der Waals surface area contributed by atoms with Crippen molar-refractivity contribution in [1.29, 1.82) is 0 Å². The summed E-state index contributed by atoms with van der Waals surface area (Å²) in [7, 11) is 1.98. The molecule has 1 heterocycles. The van der Waals surface area contributed by atoms with E-state index in [1.54, 1.807) is 18.3 Å². The number of hydrogen-bond acceptors (Lipinski definition) is 4. The van der Waals surface area contributed by atoms with Gasteiger partial charge in [-0.3, -0.25) is 0 Å². The normalized spacial score (nSPS) is 12.5. The standard InChI is InChI=1S/C14H17ClN2OS/c1-9(18)11-4-5-14(13(15)6-11)17(3)7-12-8-19-10(2)16-12/h4-6,8-9,18H,7H2,1-3H3/t9-/m1/s1. The molecule has 2 rings (SSSR count). The molecule has 1 aromatic carbocycles. The van der Waals surface area contributed by atoms with Crippen LogP contribution in [0.25, 0.3) is 0 Å². The Balaban J connectivity index is 2.17. The summed E-state index contributed by atoms with van der Waals surface area (Å²) in [6.45, 7) is 4.45. The predicted octanol–water partition coefficient (Wildman–Crippen LogP) is 3.79. The van der Waals surface area contributed by atoms with Crippen molar-refractivity contribution in [2.75, 3.05) is 11.9 Å². The van der Waals surface area contributed by atoms with Crippen LogP contribution in [0.3, 0.4) is 0 Å². The second-order valence-electron chi connectivity index (χ2n) is 4.60. The summed E-state index contributed by atoms with van der Waals surface area (Å²) in [5, 5.41) is 13.3. The zero-order chi connectivity index (χ0) is 14.0. The fourth-order valence-electron chi connectivity index (χ4n) is 1.90. The molecule has 0 bridgehead atoms. The molecule has 1 atom stereocenters. The molecule has 0 saturated heterocycles. The van der Waals surface area contributed by atoms with E-state index in [2.05, 4.69) is 15.3 Å². The Bertz CT molecular complexity index is 568. The maximum atomic E-state index is 9.53. The maximum absolute atomic E-state index is 9.53. The Hall–Kier alpha value is -1.10. The van der Waals surface area contributed by atoms with Gasteiger partial charge in [-0.25, -0.2) is 4.98 Å². The molecule has 0 unspecified atom stereocenters. The molecule has 1 aromatic heterocycles. The fourth-order valence-corrected chi connectivity index (χ4v) is 2.84. The molecule has 0 spiro atoms. The summed E-state index contributed by atoms with van der Waals surface area (Å²) in [6.07, 6.45) is -0.502. The van der Waals surface area contributed by atoms with Crippen molar-refractivity contribution in [2.24, 2.45) is 0 Å². The highest BCUT2D eigenvalue weighted by Gasteiger charge is 2.10. The number of benzene rings is 1. The smallest absolute Gasteiger partial charge is 0.0898 e. The van der Waals surface area contributed by atoms with Crippen molar-refractivity contribution in [3.05, 3.63) is 44.9 Å². The summed E-state index contributed by atoms with van der Waals surface area (Å²) >= 11 is 7.92. The Morgan fingerprint density at radius 2 is 2.21 bits per heavy atom. The molecule has 0 aliphatic carbocycles. The highest BCUT2D eigenvalue weighted by molar-refractivity contribution is 7.09. The second-order valence-corrected chi connectivity index (χ2v) is 6.07. The molecule has 0 saturated carbocycles. The number of anilines is 1. The molecule has 0 radical (unpaired) electrons. The molecular formula is C14H17ClN2OS. The zero-order valence-corrected chi connectivity index (χ0v) is 12.8. The van der Waals surface area contributed by atoms with Gasteiger partial charge in [0.05, 0.1) is 34.1 Å². The lowest BCUT2D eigenvalue weighted by atomic mass is 10.1. The third-order valence-corrected chi connectivity index (χ3v) is 4.06. The average molecular weight is 297 g/mol. The van der Waals surface area contributed by atoms with Crippen LogP contribution >= 0.6 is 22.9 Å². The summed E-state index contributed by atoms with van der Waals surface area (Å²) in [4.78, 5) is 6.50. The molecule has 2 aromatic rings. The van der Waals surface area contributed by atoms with Crippen LogP contribution in [0.2, 0.25) is 5.02 Å². The first-order valence-corrected chi connectivity index (χ1v) is 7.33. The third-order valence-electron chi connectivity index (χ3n) is 2.93. The van der Waals surface area contributed by atoms with Gasteiger partial charge in [0, 0.05) is 12.4 Å². The van der Waals surface area contributed by atoms with Crippen LogP contribution in [0.5, 0.6) is 0 Å². The van der Waals surface area contributed by atoms with Crippen molar-refractivity contribution in [3.8, 4) is 0 Å². The Kier molecular flexibility index (Phi) is 4.45. The van der Waals surface area contributed by atoms with Crippen molar-refractivity contribution < 1.29 is 5.11 Å². The summed E-state index contributed by atoms with van der Waals surface area (Å²) in [5.41, 5.74) is 2.81. The van der Waals surface area contributed by atoms with Gasteiger partial charge < -0.3 is 10.0 Å². The number of aromatic nitrogens is 1. The summed E-state index contributed by atoms with van der Waals surface area (Å²) in [5.74, 6) is 0. The lowest BCUT2D eigenvalue weighted by molar-refractivity contribution is 0.199. The quantitative estimate of drug-likeness (QED) is 0.932. The zero-order valence-electron chi connectivity index (χ0n) is 11.2. The van der Waals surface area contributed by atoms with E-state index in [1.807, 2.05) is 32.2 Å². The van der Waals surface area contributed by atoms with E-state index in [0.29, 0.717) is 5.02 Å². The third kappa shape index (κ3) is 3.47. The molecule has 19 heavy (non-hydrogen) atoms. The lowest BCUT2D eigenvalue weighted by Gasteiger charge is -2.20. The van der Waals surface area contributed by atoms with Crippen LogP contribution in [-0.2, 0) is 6.54 Å². The topological polar surface area (TPSA) is 36.4 Å². The van der Waals surface area contributed by atoms with Crippen LogP contribution in [0, 0.1) is 6.92 Å². The van der Waals surface area contributed by atoms with Gasteiger partial charge in [0.2, 0.25) is 0 Å². The second kappa shape index (κ2) is 5.90. The van der Waals surface area contributed by atoms with Gasteiger partial charge in [-0.1, -0.05) is 17.7 Å². The van der Waals surface area contributed by atoms with Crippen molar-refractivity contribution >= 4 is 28.6 Å². The van der Waals surface area contributed by atoms with E-state index in [4.69, 9.17) is 11.6 Å². The van der Waals surface area contributed by atoms with Gasteiger partial charge in [0.15, 0.2) is 0 Å². The van der Waals surface area contributed by atoms with Gasteiger partial charge in [0.1, 0.15) is 0 Å². The number of nitrogens with zero attached hydrogens (tertiary/aromatic N) is 2. The highest BCUT2D eigenvalue weighted by Crippen LogP contribution is 2.29. The fraction of sp³-hybridized carbons (Fsp3) is 0.357. The van der Waals surface area contributed by atoms with E-state index in [0.717, 1.165) is 28.5 Å². The van der Waals surface area contributed by atoms with Gasteiger partial charge in [-0.05, 0) is 31.5 Å². The van der Waals surface area contributed by atoms with Crippen LogP contribution in [0.1, 0.15) is 29.3 Å². The number of thiazole rings is 1. The molecular weight excluding hydrogens is 280 g/mol. The molecule has 102 valence electrons. The predicted molar refractivity (Wildman–Crippen MR) is 81.0 cm³/mol. The van der Waals surface area contributed by atoms with Gasteiger partial charge in [0.25, 0.3) is 0 Å². The molecule has 3 nitrogen and oxygen atoms in total. The number of hydrogen-bond donors (Lipinski definition) is 1. The highest BCUT2D eigenvalue weighted by atomic mass is 35.5. The summed E-state index contributed by atoms with van der Waals surface area (Å²) < 4.78 is 0. The molecule has 5 heteroatoms. The van der Waals surface area contributed by atoms with Crippen molar-refractivity contribution in [3.63, 3.8) is 0 Å². The first-order chi connectivity index (χ1) is 8.97. The van der Waals surface area contributed by atoms with Crippen molar-refractivity contribution in [2.45, 2.75) is 26.5 Å². The van der Waals surface area contributed by atoms with E-state index in [-0.39, 0.29) is 0 Å². The minimum absolute atomic E-state index is 0.502. The van der Waals surface area contributed by atoms with Gasteiger partial charge in [-0.15, -0.1) is 11.3 Å². The minimum Gasteiger partial charge on any atom is -0.389 e. The Labute approximate surface area is 122 Å². The average Bonchev–Trinajstić information content (AvgIpc) is 2.74. The molecule has 0 fully saturated rings. The van der Waals surface area contributed by atoms with Crippen LogP contribution < -0.4 is 4.90 Å². The first-order valence-electron chi connectivity index (χ1n) is 6.07. The minimum atomic E-state index is -0.502. The number of aliphatic hydroxyl groups is 1. The summed E-state index contributed by atoms with van der Waals surface area (Å²) in [6, 6.07) is 5.64. The number of aliphatic hydroxyl groups excluding tert-OH is 1.